The maximum absolute atomic E-state index is 13.3. The molecule has 2 atom stereocenters. The molecule has 1 aromatic heterocycles. The van der Waals surface area contributed by atoms with Crippen molar-refractivity contribution in [3.05, 3.63) is 58.8 Å². The van der Waals surface area contributed by atoms with E-state index in [2.05, 4.69) is 0 Å². The zero-order valence-corrected chi connectivity index (χ0v) is 17.0. The summed E-state index contributed by atoms with van der Waals surface area (Å²) in [6.45, 7) is 3.20. The maximum Gasteiger partial charge on any atom is 0.197 e. The van der Waals surface area contributed by atoms with E-state index in [-0.39, 0.29) is 12.4 Å². The molecule has 7 nitrogen and oxygen atoms in total. The van der Waals surface area contributed by atoms with Gasteiger partial charge in [0.25, 0.3) is 0 Å². The molecule has 1 aliphatic carbocycles. The average molecular weight is 412 g/mol. The second kappa shape index (κ2) is 7.43. The molecule has 3 N–H and O–H groups in total. The van der Waals surface area contributed by atoms with Crippen molar-refractivity contribution in [2.24, 2.45) is 0 Å². The van der Waals surface area contributed by atoms with Crippen LogP contribution in [0.3, 0.4) is 0 Å². The molecule has 2 aromatic carbocycles. The van der Waals surface area contributed by atoms with Gasteiger partial charge in [-0.25, -0.2) is 0 Å². The summed E-state index contributed by atoms with van der Waals surface area (Å²) in [5, 5.41) is 29.0. The van der Waals surface area contributed by atoms with E-state index in [1.165, 1.54) is 0 Å². The van der Waals surface area contributed by atoms with E-state index in [0.29, 0.717) is 34.0 Å². The molecule has 0 bridgehead atoms. The van der Waals surface area contributed by atoms with Crippen molar-refractivity contribution in [1.29, 1.82) is 0 Å². The minimum Gasteiger partial charge on any atom is -0.497 e. The van der Waals surface area contributed by atoms with Crippen LogP contribution in [0.25, 0.3) is 11.0 Å². The number of carbonyl (C=O) groups excluding carboxylic acids is 1. The third-order valence-corrected chi connectivity index (χ3v) is 5.65. The largest absolute Gasteiger partial charge is 0.497 e. The second-order valence-electron chi connectivity index (χ2n) is 7.96. The van der Waals surface area contributed by atoms with Crippen molar-refractivity contribution >= 4 is 16.8 Å². The second-order valence-corrected chi connectivity index (χ2v) is 7.96. The van der Waals surface area contributed by atoms with E-state index < -0.39 is 24.2 Å². The summed E-state index contributed by atoms with van der Waals surface area (Å²) >= 11 is 0. The molecular weight excluding hydrogens is 388 g/mol. The molecule has 1 heterocycles. The first-order chi connectivity index (χ1) is 14.3. The highest BCUT2D eigenvalue weighted by atomic mass is 16.5. The molecule has 0 saturated carbocycles. The Morgan fingerprint density at radius 2 is 1.80 bits per heavy atom. The third-order valence-electron chi connectivity index (χ3n) is 5.65. The summed E-state index contributed by atoms with van der Waals surface area (Å²) in [5.74, 6) is 1.55. The van der Waals surface area contributed by atoms with Gasteiger partial charge in [0.15, 0.2) is 5.78 Å². The Labute approximate surface area is 173 Å². The summed E-state index contributed by atoms with van der Waals surface area (Å²) in [6.07, 6.45) is -2.51. The van der Waals surface area contributed by atoms with Gasteiger partial charge in [0.1, 0.15) is 41.7 Å². The van der Waals surface area contributed by atoms with Gasteiger partial charge in [0.05, 0.1) is 19.3 Å². The topological polar surface area (TPSA) is 109 Å². The van der Waals surface area contributed by atoms with Crippen molar-refractivity contribution in [3.63, 3.8) is 0 Å². The third kappa shape index (κ3) is 3.15. The lowest BCUT2D eigenvalue weighted by atomic mass is 9.71. The molecule has 1 aliphatic rings. The average Bonchev–Trinajstić information content (AvgIpc) is 3.15. The van der Waals surface area contributed by atoms with Crippen molar-refractivity contribution < 1.29 is 34.0 Å². The Kier molecular flexibility index (Phi) is 5.05. The van der Waals surface area contributed by atoms with E-state index in [4.69, 9.17) is 19.0 Å². The SMILES string of the molecule is COc1ccc2c3c(oc2c1)C(C)(C)c1cc(OCC(O)C(O)CO)ccc1C3=O. The van der Waals surface area contributed by atoms with Crippen LogP contribution in [0.15, 0.2) is 40.8 Å². The van der Waals surface area contributed by atoms with Gasteiger partial charge >= 0.3 is 0 Å². The summed E-state index contributed by atoms with van der Waals surface area (Å²) in [7, 11) is 1.58. The minimum atomic E-state index is -1.28. The number of aliphatic hydroxyl groups is 3. The molecule has 0 amide bonds. The quantitative estimate of drug-likeness (QED) is 0.570. The normalized spacial score (nSPS) is 16.7. The summed E-state index contributed by atoms with van der Waals surface area (Å²) < 4.78 is 17.0. The van der Waals surface area contributed by atoms with Gasteiger partial charge in [-0.2, -0.15) is 0 Å². The van der Waals surface area contributed by atoms with Gasteiger partial charge < -0.3 is 29.2 Å². The van der Waals surface area contributed by atoms with Crippen LogP contribution in [-0.4, -0.2) is 53.6 Å². The van der Waals surface area contributed by atoms with Gasteiger partial charge in [-0.05, 0) is 49.7 Å². The molecule has 4 rings (SSSR count). The van der Waals surface area contributed by atoms with Crippen molar-refractivity contribution in [2.45, 2.75) is 31.5 Å². The monoisotopic (exact) mass is 412 g/mol. The molecule has 30 heavy (non-hydrogen) atoms. The predicted octanol–water partition coefficient (Wildman–Crippen LogP) is 2.40. The molecular formula is C23H24O7. The number of hydrogen-bond donors (Lipinski definition) is 3. The van der Waals surface area contributed by atoms with Gasteiger partial charge in [-0.3, -0.25) is 4.79 Å². The number of rotatable bonds is 6. The molecule has 3 aromatic rings. The van der Waals surface area contributed by atoms with Gasteiger partial charge in [0, 0.05) is 22.4 Å². The van der Waals surface area contributed by atoms with Crippen LogP contribution < -0.4 is 9.47 Å². The molecule has 158 valence electrons. The highest BCUT2D eigenvalue weighted by Gasteiger charge is 2.41. The van der Waals surface area contributed by atoms with E-state index in [1.807, 2.05) is 19.9 Å². The molecule has 0 saturated heterocycles. The Hall–Kier alpha value is -2.87. The van der Waals surface area contributed by atoms with Crippen LogP contribution >= 0.6 is 0 Å². The summed E-state index contributed by atoms with van der Waals surface area (Å²) in [4.78, 5) is 13.3. The van der Waals surface area contributed by atoms with E-state index >= 15 is 0 Å². The fourth-order valence-corrected chi connectivity index (χ4v) is 3.87. The number of aliphatic hydroxyl groups excluding tert-OH is 3. The number of ketones is 1. The molecule has 7 heteroatoms. The van der Waals surface area contributed by atoms with Crippen LogP contribution in [-0.2, 0) is 5.41 Å². The first kappa shape index (κ1) is 20.4. The number of carbonyl (C=O) groups is 1. The maximum atomic E-state index is 13.3. The number of methoxy groups -OCH3 is 1. The summed E-state index contributed by atoms with van der Waals surface area (Å²) in [5.41, 5.74) is 1.86. The smallest absolute Gasteiger partial charge is 0.197 e. The number of fused-ring (bicyclic) bond motifs is 4. The molecule has 0 aliphatic heterocycles. The lowest BCUT2D eigenvalue weighted by Crippen LogP contribution is -2.34. The fourth-order valence-electron chi connectivity index (χ4n) is 3.87. The Morgan fingerprint density at radius 1 is 1.07 bits per heavy atom. The summed E-state index contributed by atoms with van der Waals surface area (Å²) in [6, 6.07) is 10.5. The molecule has 0 fully saturated rings. The zero-order valence-electron chi connectivity index (χ0n) is 17.0. The Bertz CT molecular complexity index is 1110. The fraction of sp³-hybridized carbons (Fsp3) is 0.348. The Morgan fingerprint density at radius 3 is 2.50 bits per heavy atom. The van der Waals surface area contributed by atoms with Gasteiger partial charge in [-0.15, -0.1) is 0 Å². The minimum absolute atomic E-state index is 0.120. The van der Waals surface area contributed by atoms with Crippen molar-refractivity contribution in [3.8, 4) is 11.5 Å². The van der Waals surface area contributed by atoms with Crippen LogP contribution in [0.4, 0.5) is 0 Å². The van der Waals surface area contributed by atoms with Crippen LogP contribution in [0.5, 0.6) is 11.5 Å². The highest BCUT2D eigenvalue weighted by molar-refractivity contribution is 6.19. The molecule has 2 unspecified atom stereocenters. The van der Waals surface area contributed by atoms with Crippen molar-refractivity contribution in [2.75, 3.05) is 20.3 Å². The number of benzene rings is 2. The predicted molar refractivity (Wildman–Crippen MR) is 109 cm³/mol. The number of hydrogen-bond acceptors (Lipinski definition) is 7. The van der Waals surface area contributed by atoms with E-state index in [1.54, 1.807) is 37.4 Å². The number of ether oxygens (including phenoxy) is 2. The van der Waals surface area contributed by atoms with Crippen LogP contribution in [0.2, 0.25) is 0 Å². The number of furan rings is 1. The zero-order chi connectivity index (χ0) is 21.6. The molecule has 0 spiro atoms. The van der Waals surface area contributed by atoms with Crippen molar-refractivity contribution in [1.82, 2.24) is 0 Å². The van der Waals surface area contributed by atoms with Crippen LogP contribution in [0.1, 0.15) is 41.1 Å². The molecule has 0 radical (unpaired) electrons. The Balaban J connectivity index is 1.74. The van der Waals surface area contributed by atoms with Gasteiger partial charge in [0.2, 0.25) is 0 Å². The first-order valence-electron chi connectivity index (χ1n) is 9.68. The highest BCUT2D eigenvalue weighted by Crippen LogP contribution is 2.46. The first-order valence-corrected chi connectivity index (χ1v) is 9.68. The lowest BCUT2D eigenvalue weighted by Gasteiger charge is -2.31. The van der Waals surface area contributed by atoms with E-state index in [9.17, 15) is 15.0 Å². The standard InChI is InChI=1S/C23H24O7/c1-23(2)16-8-13(29-11-18(26)17(25)10-24)5-6-14(16)21(27)20-15-7-4-12(28-3)9-19(15)30-22(20)23/h4-9,17-18,24-26H,10-11H2,1-3H3. The van der Waals surface area contributed by atoms with Gasteiger partial charge in [-0.1, -0.05) is 0 Å². The lowest BCUT2D eigenvalue weighted by molar-refractivity contribution is -0.0339. The van der Waals surface area contributed by atoms with E-state index in [0.717, 1.165) is 10.9 Å². The van der Waals surface area contributed by atoms with Crippen LogP contribution in [0, 0.1) is 0 Å².